The summed E-state index contributed by atoms with van der Waals surface area (Å²) in [4.78, 5) is 71.7. The number of methoxy groups -OCH3 is 3. The van der Waals surface area contributed by atoms with Gasteiger partial charge in [-0.05, 0) is 107 Å². The van der Waals surface area contributed by atoms with Gasteiger partial charge in [0.15, 0.2) is 5.78 Å². The smallest absolute Gasteiger partial charge is 0.329 e. The topological polar surface area (TPSA) is 205 Å². The molecule has 2 saturated heterocycles. The third-order valence-corrected chi connectivity index (χ3v) is 14.5. The number of fused-ring (bicyclic) bond motifs is 3. The van der Waals surface area contributed by atoms with E-state index in [-0.39, 0.29) is 68.2 Å². The van der Waals surface area contributed by atoms with Crippen molar-refractivity contribution in [1.29, 1.82) is 0 Å². The number of hydrogen-bond acceptors (Lipinski definition) is 14. The van der Waals surface area contributed by atoms with E-state index in [1.54, 1.807) is 41.1 Å². The van der Waals surface area contributed by atoms with Gasteiger partial charge < -0.3 is 48.6 Å². The lowest BCUT2D eigenvalue weighted by atomic mass is 9.81. The number of Topliss-reactive ketones (excluding diaryl/α,β-unsaturated/α-hetero) is 3. The zero-order chi connectivity index (χ0) is 51.4. The summed E-state index contributed by atoms with van der Waals surface area (Å²) < 4.78 is 35.3. The Bertz CT molecular complexity index is 1780. The predicted molar refractivity (Wildman–Crippen MR) is 263 cm³/mol. The van der Waals surface area contributed by atoms with Crippen LogP contribution in [0, 0.1) is 29.6 Å². The highest BCUT2D eigenvalue weighted by molar-refractivity contribution is 6.39. The van der Waals surface area contributed by atoms with Crippen LogP contribution in [-0.4, -0.2) is 145 Å². The molecule has 3 N–H and O–H groups in total. The second kappa shape index (κ2) is 29.8. The van der Waals surface area contributed by atoms with Crippen molar-refractivity contribution < 1.29 is 67.7 Å². The Morgan fingerprint density at radius 1 is 0.812 bits per heavy atom. The number of allylic oxidation sites excluding steroid dienone is 6. The first-order valence-electron chi connectivity index (χ1n) is 25.6. The molecule has 4 aliphatic rings. The van der Waals surface area contributed by atoms with Gasteiger partial charge in [0.05, 0.1) is 37.6 Å². The van der Waals surface area contributed by atoms with Crippen LogP contribution in [0.3, 0.4) is 0 Å². The summed E-state index contributed by atoms with van der Waals surface area (Å²) in [5.41, 5.74) is 1.27. The maximum absolute atomic E-state index is 14.3. The largest absolute Gasteiger partial charge is 0.460 e. The van der Waals surface area contributed by atoms with Gasteiger partial charge in [-0.2, -0.15) is 0 Å². The summed E-state index contributed by atoms with van der Waals surface area (Å²) in [5.74, 6) is -7.56. The Morgan fingerprint density at radius 2 is 1.54 bits per heavy atom. The van der Waals surface area contributed by atoms with Gasteiger partial charge >= 0.3 is 5.97 Å². The molecule has 2 unspecified atom stereocenters. The summed E-state index contributed by atoms with van der Waals surface area (Å²) in [6.45, 7) is 14.9. The highest BCUT2D eigenvalue weighted by Crippen LogP contribution is 2.37. The number of piperidine rings is 1. The van der Waals surface area contributed by atoms with E-state index in [2.05, 4.69) is 0 Å². The van der Waals surface area contributed by atoms with Crippen molar-refractivity contribution in [2.45, 2.75) is 193 Å². The zero-order valence-electron chi connectivity index (χ0n) is 43.6. The first kappa shape index (κ1) is 59.9. The molecule has 15 nitrogen and oxygen atoms in total. The fourth-order valence-corrected chi connectivity index (χ4v) is 10.2. The number of carbonyl (C=O) groups excluding carboxylic acids is 5. The number of nitrogens with zero attached hydrogens (tertiary/aromatic N) is 1. The fourth-order valence-electron chi connectivity index (χ4n) is 10.2. The molecule has 14 atom stereocenters. The molecular formula is C54H87NO14. The summed E-state index contributed by atoms with van der Waals surface area (Å²) in [7, 11) is 4.58. The van der Waals surface area contributed by atoms with Crippen LogP contribution in [0.5, 0.6) is 0 Å². The number of hydrogen-bond donors (Lipinski definition) is 3. The average molecular weight is 974 g/mol. The van der Waals surface area contributed by atoms with E-state index >= 15 is 0 Å². The standard InChI is InChI=1S/C52H81NO14.C2H6/c1-32-15-11-10-12-16-33(2)44(62-7)31-40-21-18-37(6)52(61,67-40)49(58)50(59)53-24-14-13-17-41(53)51(60)66-39(22-19-38-20-23-43(65-26-25-54)45(29-38)63-8)30-42(55)34(3)28-36(5)47(57)48(64-9)46(56)35(4)27-32;1-2/h10-12,15-16,28,32,34-35,37-41,43-45,47-48,54,57,61H,13-14,17-27,29-31H2,1-9H3;1-2H3/b12-10+,15-11+,33-16+,36-28+;/t32-,34-,35?,37-,38-,39-,40+,41+,43-,44+,45-,47-,48?,52-;/m1./s1. The lowest BCUT2D eigenvalue weighted by Gasteiger charge is -2.42. The summed E-state index contributed by atoms with van der Waals surface area (Å²) in [5, 5.41) is 32.7. The number of aliphatic hydroxyl groups is 3. The molecule has 69 heavy (non-hydrogen) atoms. The maximum atomic E-state index is 14.3. The monoisotopic (exact) mass is 974 g/mol. The van der Waals surface area contributed by atoms with E-state index < -0.39 is 77.8 Å². The molecule has 1 saturated carbocycles. The number of esters is 1. The molecule has 0 radical (unpaired) electrons. The number of amides is 1. The van der Waals surface area contributed by atoms with E-state index in [4.69, 9.17) is 28.4 Å². The van der Waals surface area contributed by atoms with E-state index in [0.717, 1.165) is 12.0 Å². The molecule has 0 aromatic carbocycles. The molecule has 3 aliphatic heterocycles. The van der Waals surface area contributed by atoms with Crippen LogP contribution in [0.2, 0.25) is 0 Å². The molecule has 3 heterocycles. The zero-order valence-corrected chi connectivity index (χ0v) is 43.6. The minimum atomic E-state index is -2.43. The Balaban J connectivity index is 0.00000622. The second-order valence-corrected chi connectivity index (χ2v) is 19.6. The van der Waals surface area contributed by atoms with Gasteiger partial charge in [-0.1, -0.05) is 78.0 Å². The minimum absolute atomic E-state index is 0.0182. The molecule has 0 aromatic rings. The molecule has 3 fully saturated rings. The number of rotatable bonds is 9. The van der Waals surface area contributed by atoms with Gasteiger partial charge in [-0.15, -0.1) is 0 Å². The summed E-state index contributed by atoms with van der Waals surface area (Å²) >= 11 is 0. The minimum Gasteiger partial charge on any atom is -0.460 e. The van der Waals surface area contributed by atoms with Crippen LogP contribution in [0.15, 0.2) is 47.6 Å². The molecule has 15 heteroatoms. The number of aliphatic hydroxyl groups excluding tert-OH is 2. The number of cyclic esters (lactones) is 1. The van der Waals surface area contributed by atoms with Gasteiger partial charge in [0, 0.05) is 58.5 Å². The maximum Gasteiger partial charge on any atom is 0.329 e. The van der Waals surface area contributed by atoms with Gasteiger partial charge in [0.2, 0.25) is 5.79 Å². The molecule has 0 spiro atoms. The molecule has 1 aliphatic carbocycles. The van der Waals surface area contributed by atoms with Crippen LogP contribution in [-0.2, 0) is 52.4 Å². The van der Waals surface area contributed by atoms with Gasteiger partial charge in [0.25, 0.3) is 11.7 Å². The van der Waals surface area contributed by atoms with Gasteiger partial charge in [-0.3, -0.25) is 19.2 Å². The van der Waals surface area contributed by atoms with Crippen molar-refractivity contribution in [3.05, 3.63) is 47.6 Å². The lowest BCUT2D eigenvalue weighted by Crippen LogP contribution is -2.60. The summed E-state index contributed by atoms with van der Waals surface area (Å²) in [6, 6.07) is -1.13. The summed E-state index contributed by atoms with van der Waals surface area (Å²) in [6.07, 6.45) is 12.4. The van der Waals surface area contributed by atoms with Crippen LogP contribution in [0.1, 0.15) is 139 Å². The van der Waals surface area contributed by atoms with E-state index in [1.807, 2.05) is 65.0 Å². The van der Waals surface area contributed by atoms with Crippen molar-refractivity contribution in [2.75, 3.05) is 41.1 Å². The third-order valence-electron chi connectivity index (χ3n) is 14.5. The Kier molecular flexibility index (Phi) is 25.9. The Labute approximate surface area is 412 Å². The van der Waals surface area contributed by atoms with Gasteiger partial charge in [-0.25, -0.2) is 4.79 Å². The van der Waals surface area contributed by atoms with Crippen molar-refractivity contribution in [3.63, 3.8) is 0 Å². The number of ether oxygens (including phenoxy) is 6. The second-order valence-electron chi connectivity index (χ2n) is 19.6. The SMILES string of the molecule is CC.COC1C(=O)C(C)C[C@H](C)/C=C/C=C/C=C(\C)[C@@H](OC)C[C@@H]2CC[C@@H](C)[C@@](O)(O2)C(=O)C(=O)N2CCCC[C@H]2C(=O)O[C@H](CC[C@@H]2CC[C@@H](OCCO)[C@H](OC)C2)CC(=O)[C@H](C)/C=C(\C)[C@H]1O. The van der Waals surface area contributed by atoms with E-state index in [9.17, 15) is 39.3 Å². The van der Waals surface area contributed by atoms with Crippen LogP contribution in [0.4, 0.5) is 0 Å². The molecule has 2 bridgehead atoms. The van der Waals surface area contributed by atoms with E-state index in [1.165, 1.54) is 12.0 Å². The number of carbonyl (C=O) groups is 5. The molecule has 4 rings (SSSR count). The molecular weight excluding hydrogens is 887 g/mol. The lowest BCUT2D eigenvalue weighted by molar-refractivity contribution is -0.265. The molecule has 392 valence electrons. The average Bonchev–Trinajstić information content (AvgIpc) is 3.34. The van der Waals surface area contributed by atoms with Crippen LogP contribution < -0.4 is 0 Å². The normalized spacial score (nSPS) is 38.0. The van der Waals surface area contributed by atoms with E-state index in [0.29, 0.717) is 69.8 Å². The quantitative estimate of drug-likeness (QED) is 0.121. The van der Waals surface area contributed by atoms with Crippen molar-refractivity contribution >= 4 is 29.2 Å². The van der Waals surface area contributed by atoms with Gasteiger partial charge in [0.1, 0.15) is 30.1 Å². The predicted octanol–water partition coefficient (Wildman–Crippen LogP) is 6.98. The highest BCUT2D eigenvalue weighted by Gasteiger charge is 2.53. The first-order chi connectivity index (χ1) is 32.9. The Hall–Kier alpha value is -3.41. The molecule has 1 amide bonds. The van der Waals surface area contributed by atoms with Crippen molar-refractivity contribution in [1.82, 2.24) is 4.90 Å². The Morgan fingerprint density at radius 3 is 2.20 bits per heavy atom. The molecule has 0 aromatic heterocycles. The third kappa shape index (κ3) is 17.1. The fraction of sp³-hybridized carbons (Fsp3) is 0.759. The first-order valence-corrected chi connectivity index (χ1v) is 25.6. The van der Waals surface area contributed by atoms with Crippen molar-refractivity contribution in [3.8, 4) is 0 Å². The number of ketones is 3. The highest BCUT2D eigenvalue weighted by atomic mass is 16.6. The van der Waals surface area contributed by atoms with Crippen LogP contribution in [0.25, 0.3) is 0 Å². The van der Waals surface area contributed by atoms with Crippen molar-refractivity contribution in [2.24, 2.45) is 29.6 Å². The van der Waals surface area contributed by atoms with Crippen LogP contribution >= 0.6 is 0 Å².